The molecule has 2 N–H and O–H groups in total. The zero-order valence-electron chi connectivity index (χ0n) is 25.4. The van der Waals surface area contributed by atoms with Crippen LogP contribution in [0.1, 0.15) is 39.4 Å². The predicted molar refractivity (Wildman–Crippen MR) is 172 cm³/mol. The van der Waals surface area contributed by atoms with Crippen molar-refractivity contribution in [2.45, 2.75) is 45.9 Å². The summed E-state index contributed by atoms with van der Waals surface area (Å²) in [5, 5.41) is 15.6. The van der Waals surface area contributed by atoms with E-state index in [1.165, 1.54) is 15.8 Å². The van der Waals surface area contributed by atoms with Crippen LogP contribution in [0, 0.1) is 0 Å². The van der Waals surface area contributed by atoms with Crippen LogP contribution in [0.15, 0.2) is 66.2 Å². The van der Waals surface area contributed by atoms with Crippen molar-refractivity contribution in [1.29, 1.82) is 0 Å². The maximum atomic E-state index is 13.4. The van der Waals surface area contributed by atoms with Crippen molar-refractivity contribution in [3.05, 3.63) is 77.5 Å². The van der Waals surface area contributed by atoms with Crippen LogP contribution in [0.25, 0.3) is 27.8 Å². The summed E-state index contributed by atoms with van der Waals surface area (Å²) in [6, 6.07) is 12.2. The number of hydrogen-bond acceptors (Lipinski definition) is 8. The van der Waals surface area contributed by atoms with Crippen LogP contribution in [0.3, 0.4) is 0 Å². The number of pyridine rings is 1. The second-order valence-electron chi connectivity index (χ2n) is 12.0. The van der Waals surface area contributed by atoms with Crippen LogP contribution in [-0.2, 0) is 12.1 Å². The summed E-state index contributed by atoms with van der Waals surface area (Å²) in [5.74, 6) is 0.828. The Morgan fingerprint density at radius 1 is 1.09 bits per heavy atom. The molecule has 1 fully saturated rings. The maximum absolute atomic E-state index is 13.4. The van der Waals surface area contributed by atoms with Crippen molar-refractivity contribution in [3.63, 3.8) is 0 Å². The zero-order chi connectivity index (χ0) is 30.5. The van der Waals surface area contributed by atoms with Gasteiger partial charge in [-0.3, -0.25) is 4.79 Å². The van der Waals surface area contributed by atoms with Gasteiger partial charge in [-0.2, -0.15) is 4.98 Å². The fraction of sp³-hybridized carbons (Fsp3) is 0.375. The number of allylic oxidation sites excluding steroid dienone is 1. The summed E-state index contributed by atoms with van der Waals surface area (Å²) >= 11 is 0. The Bertz CT molecular complexity index is 1870. The highest BCUT2D eigenvalue weighted by atomic mass is 16.3. The number of fused-ring (bicyclic) bond motifs is 2. The molecule has 0 radical (unpaired) electrons. The summed E-state index contributed by atoms with van der Waals surface area (Å²) in [6.07, 6.45) is 5.36. The number of piperazine rings is 1. The molecule has 1 saturated heterocycles. The maximum Gasteiger partial charge on any atom is 0.278 e. The third-order valence-electron chi connectivity index (χ3n) is 8.03. The smallest absolute Gasteiger partial charge is 0.278 e. The molecule has 5 heterocycles. The Hall–Kier alpha value is -4.48. The third kappa shape index (κ3) is 5.30. The van der Waals surface area contributed by atoms with Gasteiger partial charge in [-0.25, -0.2) is 19.3 Å². The molecule has 4 aromatic heterocycles. The van der Waals surface area contributed by atoms with E-state index in [1.54, 1.807) is 42.9 Å². The van der Waals surface area contributed by atoms with Gasteiger partial charge in [-0.05, 0) is 65.1 Å². The van der Waals surface area contributed by atoms with Crippen LogP contribution in [0.5, 0.6) is 0 Å². The first kappa shape index (κ1) is 28.6. The molecule has 0 saturated carbocycles. The molecule has 0 amide bonds. The van der Waals surface area contributed by atoms with Crippen LogP contribution < -0.4 is 15.8 Å². The van der Waals surface area contributed by atoms with Crippen molar-refractivity contribution in [1.82, 2.24) is 33.8 Å². The molecule has 0 atom stereocenters. The average molecular weight is 582 g/mol. The van der Waals surface area contributed by atoms with Crippen LogP contribution in [0.4, 0.5) is 17.3 Å². The van der Waals surface area contributed by atoms with E-state index < -0.39 is 5.60 Å². The average Bonchev–Trinajstić information content (AvgIpc) is 3.52. The Balaban J connectivity index is 1.47. The number of likely N-dealkylation sites (N-methyl/N-ethyl adjacent to an activating group) is 1. The van der Waals surface area contributed by atoms with Gasteiger partial charge in [0.15, 0.2) is 11.5 Å². The van der Waals surface area contributed by atoms with Gasteiger partial charge < -0.3 is 24.8 Å². The van der Waals surface area contributed by atoms with Crippen molar-refractivity contribution in [2.24, 2.45) is 0 Å². The van der Waals surface area contributed by atoms with E-state index in [-0.39, 0.29) is 12.1 Å². The minimum Gasteiger partial charge on any atom is -0.384 e. The van der Waals surface area contributed by atoms with E-state index >= 15 is 0 Å². The molecule has 43 heavy (non-hydrogen) atoms. The first-order chi connectivity index (χ1) is 20.5. The molecule has 0 spiro atoms. The fourth-order valence-electron chi connectivity index (χ4n) is 5.69. The second kappa shape index (κ2) is 11.0. The number of rotatable bonds is 8. The van der Waals surface area contributed by atoms with E-state index in [2.05, 4.69) is 81.5 Å². The molecule has 0 aliphatic carbocycles. The molecule has 1 aliphatic heterocycles. The Morgan fingerprint density at radius 3 is 2.56 bits per heavy atom. The van der Waals surface area contributed by atoms with Crippen molar-refractivity contribution >= 4 is 39.3 Å². The topological polar surface area (TPSA) is 109 Å². The Kier molecular flexibility index (Phi) is 7.31. The first-order valence-corrected chi connectivity index (χ1v) is 14.7. The molecule has 5 aromatic rings. The lowest BCUT2D eigenvalue weighted by molar-refractivity contribution is 0.0738. The van der Waals surface area contributed by atoms with Crippen LogP contribution >= 0.6 is 0 Å². The largest absolute Gasteiger partial charge is 0.384 e. The van der Waals surface area contributed by atoms with Crippen molar-refractivity contribution < 1.29 is 5.11 Å². The number of aliphatic hydroxyl groups is 1. The van der Waals surface area contributed by atoms with Gasteiger partial charge in [0.25, 0.3) is 5.56 Å². The van der Waals surface area contributed by atoms with Gasteiger partial charge in [-0.15, -0.1) is 6.58 Å². The van der Waals surface area contributed by atoms with Crippen LogP contribution in [0.2, 0.25) is 0 Å². The summed E-state index contributed by atoms with van der Waals surface area (Å²) in [5.41, 5.74) is 2.67. The number of aromatic nitrogens is 6. The highest BCUT2D eigenvalue weighted by Crippen LogP contribution is 2.35. The molecular formula is C32H39N9O2. The standard InChI is InChI=1S/C32H39N9O2/c1-7-12-40-30(42)24-20-33-31(36-29(24)41(40)28-10-8-9-27(35-28)32(4,5)43)34-22-18-25(38-16-14-37(6)15-17-38)23-11-13-39(21(2)3)26(23)19-22/h7-11,13,18-21,43H,1,12,14-17H2,2-6H3,(H,33,34,36). The number of nitrogens with zero attached hydrogens (tertiary/aromatic N) is 8. The van der Waals surface area contributed by atoms with Gasteiger partial charge in [-0.1, -0.05) is 12.1 Å². The van der Waals surface area contributed by atoms with E-state index in [0.29, 0.717) is 34.5 Å². The molecule has 11 nitrogen and oxygen atoms in total. The van der Waals surface area contributed by atoms with Crippen molar-refractivity contribution in [2.75, 3.05) is 43.4 Å². The Labute approximate surface area is 250 Å². The van der Waals surface area contributed by atoms with E-state index in [4.69, 9.17) is 4.98 Å². The molecule has 1 aromatic carbocycles. The lowest BCUT2D eigenvalue weighted by Crippen LogP contribution is -2.44. The van der Waals surface area contributed by atoms with E-state index in [1.807, 2.05) is 6.07 Å². The molecule has 0 unspecified atom stereocenters. The number of hydrogen-bond donors (Lipinski definition) is 2. The highest BCUT2D eigenvalue weighted by Gasteiger charge is 2.23. The van der Waals surface area contributed by atoms with E-state index in [0.717, 1.165) is 37.4 Å². The lowest BCUT2D eigenvalue weighted by atomic mass is 10.1. The molecule has 1 aliphatic rings. The third-order valence-corrected chi connectivity index (χ3v) is 8.03. The van der Waals surface area contributed by atoms with Crippen molar-refractivity contribution in [3.8, 4) is 5.82 Å². The van der Waals surface area contributed by atoms with Gasteiger partial charge in [0, 0.05) is 61.4 Å². The van der Waals surface area contributed by atoms with E-state index in [9.17, 15) is 9.90 Å². The highest BCUT2D eigenvalue weighted by molar-refractivity contribution is 5.96. The normalized spacial score (nSPS) is 14.7. The lowest BCUT2D eigenvalue weighted by Gasteiger charge is -2.34. The summed E-state index contributed by atoms with van der Waals surface area (Å²) in [6.45, 7) is 15.7. The predicted octanol–water partition coefficient (Wildman–Crippen LogP) is 4.42. The molecule has 224 valence electrons. The zero-order valence-corrected chi connectivity index (χ0v) is 25.4. The minimum absolute atomic E-state index is 0.245. The summed E-state index contributed by atoms with van der Waals surface area (Å²) < 4.78 is 5.47. The van der Waals surface area contributed by atoms with Gasteiger partial charge >= 0.3 is 0 Å². The molecular weight excluding hydrogens is 542 g/mol. The quantitative estimate of drug-likeness (QED) is 0.259. The molecule has 6 rings (SSSR count). The van der Waals surface area contributed by atoms with Crippen LogP contribution in [-0.4, -0.2) is 72.1 Å². The SMILES string of the molecule is C=CCn1c(=O)c2cnc(Nc3cc(N4CCN(C)CC4)c4ccn(C(C)C)c4c3)nc2n1-c1cccc(C(C)(C)O)n1. The van der Waals surface area contributed by atoms with Gasteiger partial charge in [0.05, 0.1) is 17.8 Å². The monoisotopic (exact) mass is 581 g/mol. The second-order valence-corrected chi connectivity index (χ2v) is 12.0. The van der Waals surface area contributed by atoms with Gasteiger partial charge in [0.1, 0.15) is 11.0 Å². The molecule has 11 heteroatoms. The molecule has 0 bridgehead atoms. The Morgan fingerprint density at radius 2 is 1.86 bits per heavy atom. The summed E-state index contributed by atoms with van der Waals surface area (Å²) in [7, 11) is 2.16. The van der Waals surface area contributed by atoms with Gasteiger partial charge in [0.2, 0.25) is 5.95 Å². The minimum atomic E-state index is -1.15. The number of nitrogens with one attached hydrogen (secondary N) is 1. The number of benzene rings is 1. The fourth-order valence-corrected chi connectivity index (χ4v) is 5.69. The first-order valence-electron chi connectivity index (χ1n) is 14.7. The summed E-state index contributed by atoms with van der Waals surface area (Å²) in [4.78, 5) is 32.3. The number of anilines is 3.